The van der Waals surface area contributed by atoms with E-state index in [1.54, 1.807) is 7.11 Å². The minimum Gasteiger partial charge on any atom is -0.496 e. The molecule has 2 aromatic rings. The second-order valence-corrected chi connectivity index (χ2v) is 4.38. The minimum absolute atomic E-state index is 0.648. The van der Waals surface area contributed by atoms with Crippen LogP contribution >= 0.6 is 0 Å². The van der Waals surface area contributed by atoms with Gasteiger partial charge in [-0.25, -0.2) is 0 Å². The smallest absolute Gasteiger partial charge is 0.126 e. The van der Waals surface area contributed by atoms with Gasteiger partial charge in [0.1, 0.15) is 5.75 Å². The van der Waals surface area contributed by atoms with Gasteiger partial charge in [-0.3, -0.25) is 5.10 Å². The van der Waals surface area contributed by atoms with Crippen LogP contribution in [0.1, 0.15) is 17.0 Å². The summed E-state index contributed by atoms with van der Waals surface area (Å²) in [4.78, 5) is 0. The fraction of sp³-hybridized carbons (Fsp3) is 0.357. The SMILES string of the molecule is COc1ccc(CCN)cc1-c1c(C)n[nH]c1C. The monoisotopic (exact) mass is 245 g/mol. The average Bonchev–Trinajstić information content (AvgIpc) is 2.69. The van der Waals surface area contributed by atoms with E-state index in [2.05, 4.69) is 22.3 Å². The normalized spacial score (nSPS) is 10.7. The van der Waals surface area contributed by atoms with E-state index in [9.17, 15) is 0 Å². The molecule has 0 aliphatic heterocycles. The van der Waals surface area contributed by atoms with Crippen molar-refractivity contribution in [1.82, 2.24) is 10.2 Å². The van der Waals surface area contributed by atoms with E-state index in [-0.39, 0.29) is 0 Å². The molecule has 4 heteroatoms. The van der Waals surface area contributed by atoms with Gasteiger partial charge in [-0.05, 0) is 44.5 Å². The van der Waals surface area contributed by atoms with Gasteiger partial charge in [0.2, 0.25) is 0 Å². The Morgan fingerprint density at radius 1 is 1.33 bits per heavy atom. The molecule has 18 heavy (non-hydrogen) atoms. The van der Waals surface area contributed by atoms with Gasteiger partial charge in [-0.1, -0.05) is 6.07 Å². The zero-order chi connectivity index (χ0) is 13.1. The summed E-state index contributed by atoms with van der Waals surface area (Å²) < 4.78 is 5.44. The quantitative estimate of drug-likeness (QED) is 0.868. The number of benzene rings is 1. The van der Waals surface area contributed by atoms with Crippen molar-refractivity contribution >= 4 is 0 Å². The number of nitrogens with zero attached hydrogens (tertiary/aromatic N) is 1. The van der Waals surface area contributed by atoms with E-state index in [1.807, 2.05) is 19.9 Å². The molecule has 0 aliphatic carbocycles. The summed E-state index contributed by atoms with van der Waals surface area (Å²) in [6, 6.07) is 6.18. The average molecular weight is 245 g/mol. The molecule has 0 saturated carbocycles. The van der Waals surface area contributed by atoms with E-state index in [4.69, 9.17) is 10.5 Å². The number of aryl methyl sites for hydroxylation is 2. The second-order valence-electron chi connectivity index (χ2n) is 4.38. The fourth-order valence-electron chi connectivity index (χ4n) is 2.22. The Morgan fingerprint density at radius 3 is 2.67 bits per heavy atom. The number of nitrogens with two attached hydrogens (primary N) is 1. The number of rotatable bonds is 4. The van der Waals surface area contributed by atoms with E-state index in [1.165, 1.54) is 5.56 Å². The van der Waals surface area contributed by atoms with Gasteiger partial charge in [0.05, 0.1) is 12.8 Å². The van der Waals surface area contributed by atoms with Crippen molar-refractivity contribution in [1.29, 1.82) is 0 Å². The zero-order valence-corrected chi connectivity index (χ0v) is 11.1. The molecule has 0 saturated heterocycles. The lowest BCUT2D eigenvalue weighted by molar-refractivity contribution is 0.416. The molecule has 2 rings (SSSR count). The fourth-order valence-corrected chi connectivity index (χ4v) is 2.22. The lowest BCUT2D eigenvalue weighted by Crippen LogP contribution is -2.03. The van der Waals surface area contributed by atoms with Crippen LogP contribution in [0.4, 0.5) is 0 Å². The summed E-state index contributed by atoms with van der Waals surface area (Å²) in [5, 5.41) is 7.25. The van der Waals surface area contributed by atoms with Gasteiger partial charge in [-0.15, -0.1) is 0 Å². The Hall–Kier alpha value is -1.81. The molecule has 1 aromatic carbocycles. The largest absolute Gasteiger partial charge is 0.496 e. The lowest BCUT2D eigenvalue weighted by atomic mass is 9.99. The summed E-state index contributed by atoms with van der Waals surface area (Å²) in [6.07, 6.45) is 0.868. The lowest BCUT2D eigenvalue weighted by Gasteiger charge is -2.11. The Morgan fingerprint density at radius 2 is 2.11 bits per heavy atom. The number of hydrogen-bond donors (Lipinski definition) is 2. The molecular weight excluding hydrogens is 226 g/mol. The highest BCUT2D eigenvalue weighted by Crippen LogP contribution is 2.34. The van der Waals surface area contributed by atoms with Crippen LogP contribution in [0, 0.1) is 13.8 Å². The number of hydrogen-bond acceptors (Lipinski definition) is 3. The first-order valence-corrected chi connectivity index (χ1v) is 6.06. The molecule has 4 nitrogen and oxygen atoms in total. The van der Waals surface area contributed by atoms with E-state index >= 15 is 0 Å². The van der Waals surface area contributed by atoms with Crippen LogP contribution in [0.2, 0.25) is 0 Å². The van der Waals surface area contributed by atoms with E-state index < -0.39 is 0 Å². The Labute approximate surface area is 107 Å². The third-order valence-corrected chi connectivity index (χ3v) is 3.09. The van der Waals surface area contributed by atoms with Crippen LogP contribution in [0.25, 0.3) is 11.1 Å². The van der Waals surface area contributed by atoms with E-state index in [0.717, 1.165) is 34.7 Å². The second kappa shape index (κ2) is 5.23. The first kappa shape index (κ1) is 12.6. The molecule has 0 bridgehead atoms. The van der Waals surface area contributed by atoms with Crippen molar-refractivity contribution in [2.45, 2.75) is 20.3 Å². The van der Waals surface area contributed by atoms with Gasteiger partial charge in [-0.2, -0.15) is 5.10 Å². The molecule has 3 N–H and O–H groups in total. The minimum atomic E-state index is 0.648. The van der Waals surface area contributed by atoms with Crippen molar-refractivity contribution in [2.24, 2.45) is 5.73 Å². The maximum atomic E-state index is 5.61. The summed E-state index contributed by atoms with van der Waals surface area (Å²) in [6.45, 7) is 4.66. The number of aromatic amines is 1. The summed E-state index contributed by atoms with van der Waals surface area (Å²) in [5.41, 5.74) is 11.1. The summed E-state index contributed by atoms with van der Waals surface area (Å²) in [7, 11) is 1.69. The maximum absolute atomic E-state index is 5.61. The first-order valence-electron chi connectivity index (χ1n) is 6.06. The Bertz CT molecular complexity index is 526. The number of ether oxygens (including phenoxy) is 1. The molecule has 0 radical (unpaired) electrons. The van der Waals surface area contributed by atoms with Gasteiger partial charge < -0.3 is 10.5 Å². The van der Waals surface area contributed by atoms with Crippen LogP contribution in [0.15, 0.2) is 18.2 Å². The molecule has 0 atom stereocenters. The highest BCUT2D eigenvalue weighted by Gasteiger charge is 2.14. The van der Waals surface area contributed by atoms with Crippen molar-refractivity contribution in [3.8, 4) is 16.9 Å². The van der Waals surface area contributed by atoms with Crippen molar-refractivity contribution in [3.05, 3.63) is 35.2 Å². The maximum Gasteiger partial charge on any atom is 0.126 e. The Balaban J connectivity index is 2.57. The number of nitrogens with one attached hydrogen (secondary N) is 1. The number of aromatic nitrogens is 2. The Kier molecular flexibility index (Phi) is 3.67. The van der Waals surface area contributed by atoms with Gasteiger partial charge in [0, 0.05) is 16.8 Å². The highest BCUT2D eigenvalue weighted by molar-refractivity contribution is 5.74. The van der Waals surface area contributed by atoms with Crippen molar-refractivity contribution in [2.75, 3.05) is 13.7 Å². The van der Waals surface area contributed by atoms with Crippen LogP contribution < -0.4 is 10.5 Å². The van der Waals surface area contributed by atoms with Crippen molar-refractivity contribution < 1.29 is 4.74 Å². The third kappa shape index (κ3) is 2.24. The predicted octanol–water partition coefficient (Wildman–Crippen LogP) is 2.20. The molecule has 0 aliphatic rings. The molecule has 0 spiro atoms. The zero-order valence-electron chi connectivity index (χ0n) is 11.1. The van der Waals surface area contributed by atoms with Crippen LogP contribution in [0.5, 0.6) is 5.75 Å². The molecule has 1 aromatic heterocycles. The predicted molar refractivity (Wildman–Crippen MR) is 72.8 cm³/mol. The first-order chi connectivity index (χ1) is 8.67. The molecular formula is C14H19N3O. The standard InChI is InChI=1S/C14H19N3O/c1-9-14(10(2)17-16-9)12-8-11(6-7-15)4-5-13(12)18-3/h4-5,8H,6-7,15H2,1-3H3,(H,16,17). The number of H-pyrrole nitrogens is 1. The molecule has 0 fully saturated rings. The molecule has 1 heterocycles. The van der Waals surface area contributed by atoms with Crippen LogP contribution in [-0.2, 0) is 6.42 Å². The van der Waals surface area contributed by atoms with Gasteiger partial charge in [0.15, 0.2) is 0 Å². The summed E-state index contributed by atoms with van der Waals surface area (Å²) in [5.74, 6) is 0.864. The van der Waals surface area contributed by atoms with E-state index in [0.29, 0.717) is 6.54 Å². The van der Waals surface area contributed by atoms with Crippen molar-refractivity contribution in [3.63, 3.8) is 0 Å². The van der Waals surface area contributed by atoms with Crippen LogP contribution in [-0.4, -0.2) is 23.9 Å². The topological polar surface area (TPSA) is 63.9 Å². The highest BCUT2D eigenvalue weighted by atomic mass is 16.5. The van der Waals surface area contributed by atoms with Gasteiger partial charge >= 0.3 is 0 Å². The molecule has 0 unspecified atom stereocenters. The summed E-state index contributed by atoms with van der Waals surface area (Å²) >= 11 is 0. The molecule has 0 amide bonds. The van der Waals surface area contributed by atoms with Crippen LogP contribution in [0.3, 0.4) is 0 Å². The molecule has 96 valence electrons. The number of methoxy groups -OCH3 is 1. The van der Waals surface area contributed by atoms with Gasteiger partial charge in [0.25, 0.3) is 0 Å². The third-order valence-electron chi connectivity index (χ3n) is 3.09.